The minimum absolute atomic E-state index is 0.0380. The van der Waals surface area contributed by atoms with Crippen LogP contribution in [0.5, 0.6) is 0 Å². The first-order chi connectivity index (χ1) is 8.16. The van der Waals surface area contributed by atoms with E-state index in [0.717, 1.165) is 6.42 Å². The van der Waals surface area contributed by atoms with Gasteiger partial charge in [0.05, 0.1) is 5.70 Å². The van der Waals surface area contributed by atoms with Crippen LogP contribution < -0.4 is 0 Å². The Bertz CT molecular complexity index is 452. The van der Waals surface area contributed by atoms with Crippen molar-refractivity contribution >= 4 is 12.2 Å². The van der Waals surface area contributed by atoms with Gasteiger partial charge in [0.15, 0.2) is 0 Å². The Morgan fingerprint density at radius 2 is 2.00 bits per heavy atom. The van der Waals surface area contributed by atoms with E-state index < -0.39 is 5.54 Å². The zero-order valence-electron chi connectivity index (χ0n) is 10.4. The van der Waals surface area contributed by atoms with Crippen molar-refractivity contribution in [1.29, 1.82) is 0 Å². The van der Waals surface area contributed by atoms with E-state index in [9.17, 15) is 9.59 Å². The summed E-state index contributed by atoms with van der Waals surface area (Å²) < 4.78 is 0. The molecule has 0 aromatic heterocycles. The van der Waals surface area contributed by atoms with Crippen molar-refractivity contribution in [2.75, 3.05) is 0 Å². The van der Waals surface area contributed by atoms with Crippen LogP contribution in [0.15, 0.2) is 33.4 Å². The van der Waals surface area contributed by atoms with Crippen LogP contribution in [0.2, 0.25) is 0 Å². The molecule has 2 atom stereocenters. The zero-order valence-corrected chi connectivity index (χ0v) is 10.4. The number of hydrogen-bond acceptors (Lipinski definition) is 4. The van der Waals surface area contributed by atoms with E-state index in [-0.39, 0.29) is 5.92 Å². The molecule has 0 aromatic carbocycles. The summed E-state index contributed by atoms with van der Waals surface area (Å²) in [7, 11) is 0. The van der Waals surface area contributed by atoms with Crippen LogP contribution in [0, 0.1) is 5.92 Å². The second kappa shape index (κ2) is 5.53. The van der Waals surface area contributed by atoms with Gasteiger partial charge >= 0.3 is 0 Å². The van der Waals surface area contributed by atoms with Crippen molar-refractivity contribution in [1.82, 2.24) is 0 Å². The molecule has 0 spiro atoms. The van der Waals surface area contributed by atoms with Crippen molar-refractivity contribution < 1.29 is 9.59 Å². The third-order valence-electron chi connectivity index (χ3n) is 3.53. The molecule has 0 aliphatic heterocycles. The van der Waals surface area contributed by atoms with E-state index in [2.05, 4.69) is 16.9 Å². The van der Waals surface area contributed by atoms with Crippen LogP contribution in [0.3, 0.4) is 0 Å². The first kappa shape index (κ1) is 13.3. The molecule has 0 radical (unpaired) electrons. The number of allylic oxidation sites excluding steroid dienone is 2. The molecule has 90 valence electrons. The standard InChI is InChI=1S/C13H16N2O2/c1-4-11-6-7-12(14-8-16)13(5-2,10(11)3)15-9-17/h6-7,10H,4-5H2,1-3H3. The Hall–Kier alpha value is -1.76. The highest BCUT2D eigenvalue weighted by Gasteiger charge is 2.41. The lowest BCUT2D eigenvalue weighted by atomic mass is 9.72. The lowest BCUT2D eigenvalue weighted by Gasteiger charge is -2.36. The molecule has 0 heterocycles. The van der Waals surface area contributed by atoms with Gasteiger partial charge in [0, 0.05) is 5.92 Å². The molecular weight excluding hydrogens is 216 g/mol. The molecule has 1 aliphatic carbocycles. The van der Waals surface area contributed by atoms with Gasteiger partial charge in [-0.1, -0.05) is 32.4 Å². The molecule has 0 bridgehead atoms. The van der Waals surface area contributed by atoms with Crippen molar-refractivity contribution in [3.05, 3.63) is 23.4 Å². The summed E-state index contributed by atoms with van der Waals surface area (Å²) in [6, 6.07) is 0. The second-order valence-electron chi connectivity index (χ2n) is 4.05. The fraction of sp³-hybridized carbons (Fsp3) is 0.538. The average Bonchev–Trinajstić information content (AvgIpc) is 2.34. The predicted octanol–water partition coefficient (Wildman–Crippen LogP) is 2.68. The molecule has 0 N–H and O–H groups in total. The van der Waals surface area contributed by atoms with Crippen molar-refractivity contribution in [3.63, 3.8) is 0 Å². The smallest absolute Gasteiger partial charge is 0.211 e. The fourth-order valence-corrected chi connectivity index (χ4v) is 2.41. The van der Waals surface area contributed by atoms with Crippen LogP contribution in [-0.4, -0.2) is 17.7 Å². The monoisotopic (exact) mass is 232 g/mol. The Morgan fingerprint density at radius 3 is 2.47 bits per heavy atom. The molecule has 1 rings (SSSR count). The number of rotatable bonds is 4. The molecule has 4 nitrogen and oxygen atoms in total. The minimum Gasteiger partial charge on any atom is -0.211 e. The van der Waals surface area contributed by atoms with Crippen molar-refractivity contribution in [2.24, 2.45) is 15.9 Å². The third kappa shape index (κ3) is 2.19. The summed E-state index contributed by atoms with van der Waals surface area (Å²) in [5, 5.41) is 0. The minimum atomic E-state index is -0.765. The molecule has 0 amide bonds. The van der Waals surface area contributed by atoms with Gasteiger partial charge in [-0.25, -0.2) is 9.59 Å². The molecule has 0 saturated heterocycles. The van der Waals surface area contributed by atoms with Gasteiger partial charge in [-0.2, -0.15) is 9.98 Å². The van der Waals surface area contributed by atoms with E-state index in [0.29, 0.717) is 12.1 Å². The number of nitrogens with zero attached hydrogens (tertiary/aromatic N) is 2. The maximum Gasteiger partial charge on any atom is 0.240 e. The van der Waals surface area contributed by atoms with E-state index in [4.69, 9.17) is 0 Å². The summed E-state index contributed by atoms with van der Waals surface area (Å²) in [4.78, 5) is 28.7. The zero-order chi connectivity index (χ0) is 12.9. The van der Waals surface area contributed by atoms with Crippen LogP contribution in [0.25, 0.3) is 0 Å². The SMILES string of the molecule is CCC1=CC=C(N=C=O)C(CC)(N=C=O)C1C. The molecule has 1 aliphatic rings. The number of carbonyl (C=O) groups excluding carboxylic acids is 2. The lowest BCUT2D eigenvalue weighted by molar-refractivity contribution is 0.356. The highest BCUT2D eigenvalue weighted by Crippen LogP contribution is 2.42. The Kier molecular flexibility index (Phi) is 4.33. The van der Waals surface area contributed by atoms with E-state index in [1.54, 1.807) is 12.2 Å². The fourth-order valence-electron chi connectivity index (χ4n) is 2.41. The molecule has 0 fully saturated rings. The summed E-state index contributed by atoms with van der Waals surface area (Å²) in [5.41, 5.74) is 0.915. The highest BCUT2D eigenvalue weighted by molar-refractivity contribution is 5.48. The Morgan fingerprint density at radius 1 is 1.29 bits per heavy atom. The third-order valence-corrected chi connectivity index (χ3v) is 3.53. The second-order valence-corrected chi connectivity index (χ2v) is 4.05. The normalized spacial score (nSPS) is 27.4. The molecule has 4 heteroatoms. The van der Waals surface area contributed by atoms with Crippen molar-refractivity contribution in [2.45, 2.75) is 39.2 Å². The van der Waals surface area contributed by atoms with Gasteiger partial charge in [0.1, 0.15) is 5.54 Å². The summed E-state index contributed by atoms with van der Waals surface area (Å²) in [6.07, 6.45) is 8.30. The molecule has 0 aromatic rings. The molecular formula is C13H16N2O2. The van der Waals surface area contributed by atoms with Crippen LogP contribution in [-0.2, 0) is 9.59 Å². The van der Waals surface area contributed by atoms with Gasteiger partial charge in [0.25, 0.3) is 0 Å². The van der Waals surface area contributed by atoms with Crippen LogP contribution in [0.1, 0.15) is 33.6 Å². The van der Waals surface area contributed by atoms with Gasteiger partial charge in [-0.3, -0.25) is 0 Å². The highest BCUT2D eigenvalue weighted by atomic mass is 16.1. The predicted molar refractivity (Wildman–Crippen MR) is 64.9 cm³/mol. The van der Waals surface area contributed by atoms with Crippen molar-refractivity contribution in [3.8, 4) is 0 Å². The number of aliphatic imine (C=N–C) groups is 2. The summed E-state index contributed by atoms with van der Waals surface area (Å²) in [6.45, 7) is 5.96. The Balaban J connectivity index is 3.41. The maximum atomic E-state index is 10.6. The first-order valence-electron chi connectivity index (χ1n) is 5.74. The molecule has 0 saturated carbocycles. The van der Waals surface area contributed by atoms with Gasteiger partial charge in [0.2, 0.25) is 12.2 Å². The maximum absolute atomic E-state index is 10.6. The number of isocyanates is 2. The van der Waals surface area contributed by atoms with E-state index in [1.807, 2.05) is 19.9 Å². The quantitative estimate of drug-likeness (QED) is 0.552. The van der Waals surface area contributed by atoms with Crippen LogP contribution in [0.4, 0.5) is 0 Å². The van der Waals surface area contributed by atoms with E-state index in [1.165, 1.54) is 11.7 Å². The average molecular weight is 232 g/mol. The Labute approximate surface area is 101 Å². The number of hydrogen-bond donors (Lipinski definition) is 0. The summed E-state index contributed by atoms with van der Waals surface area (Å²) >= 11 is 0. The lowest BCUT2D eigenvalue weighted by Crippen LogP contribution is -2.38. The van der Waals surface area contributed by atoms with Crippen LogP contribution >= 0.6 is 0 Å². The largest absolute Gasteiger partial charge is 0.240 e. The first-order valence-corrected chi connectivity index (χ1v) is 5.74. The molecule has 2 unspecified atom stereocenters. The van der Waals surface area contributed by atoms with E-state index >= 15 is 0 Å². The topological polar surface area (TPSA) is 58.9 Å². The summed E-state index contributed by atoms with van der Waals surface area (Å²) in [5.74, 6) is 0.0380. The molecule has 17 heavy (non-hydrogen) atoms. The van der Waals surface area contributed by atoms with Gasteiger partial charge in [-0.15, -0.1) is 0 Å². The van der Waals surface area contributed by atoms with Gasteiger partial charge < -0.3 is 0 Å². The van der Waals surface area contributed by atoms with Gasteiger partial charge in [-0.05, 0) is 18.9 Å².